The lowest BCUT2D eigenvalue weighted by atomic mass is 10.1. The van der Waals surface area contributed by atoms with E-state index in [9.17, 15) is 9.18 Å². The lowest BCUT2D eigenvalue weighted by Crippen LogP contribution is -2.27. The van der Waals surface area contributed by atoms with Gasteiger partial charge in [0, 0.05) is 30.6 Å². The van der Waals surface area contributed by atoms with Crippen molar-refractivity contribution in [2.45, 2.75) is 19.6 Å². The smallest absolute Gasteiger partial charge is 0.221 e. The highest BCUT2D eigenvalue weighted by atomic mass is 35.5. The van der Waals surface area contributed by atoms with Crippen LogP contribution in [0.3, 0.4) is 0 Å². The Labute approximate surface area is 123 Å². The summed E-state index contributed by atoms with van der Waals surface area (Å²) < 4.78 is 23.9. The normalized spacial score (nSPS) is 12.9. The third kappa shape index (κ3) is 4.33. The van der Waals surface area contributed by atoms with Crippen molar-refractivity contribution in [3.63, 3.8) is 0 Å². The van der Waals surface area contributed by atoms with Crippen molar-refractivity contribution in [3.8, 4) is 5.75 Å². The maximum Gasteiger partial charge on any atom is 0.221 e. The first kappa shape index (κ1) is 16.7. The second-order valence-electron chi connectivity index (χ2n) is 4.29. The van der Waals surface area contributed by atoms with Gasteiger partial charge >= 0.3 is 0 Å². The van der Waals surface area contributed by atoms with Gasteiger partial charge in [-0.1, -0.05) is 0 Å². The molecule has 7 heteroatoms. The third-order valence-corrected chi connectivity index (χ3v) is 2.83. The summed E-state index contributed by atoms with van der Waals surface area (Å²) in [6, 6.07) is 2.77. The zero-order chi connectivity index (χ0) is 13.7. The van der Waals surface area contributed by atoms with Crippen LogP contribution in [0.1, 0.15) is 17.5 Å². The fourth-order valence-corrected chi connectivity index (χ4v) is 1.91. The SMILES string of the molecule is CNCCC(=O)NCc1cc(F)cc2c1OCOC2.Cl. The molecule has 0 spiro atoms. The molecule has 1 aliphatic heterocycles. The minimum atomic E-state index is -0.354. The molecule has 0 aliphatic carbocycles. The first-order valence-corrected chi connectivity index (χ1v) is 6.14. The topological polar surface area (TPSA) is 59.6 Å². The molecule has 0 fully saturated rings. The van der Waals surface area contributed by atoms with Crippen LogP contribution in [0.15, 0.2) is 12.1 Å². The number of carbonyl (C=O) groups excluding carboxylic acids is 1. The van der Waals surface area contributed by atoms with Gasteiger partial charge in [-0.15, -0.1) is 12.4 Å². The molecule has 5 nitrogen and oxygen atoms in total. The van der Waals surface area contributed by atoms with Crippen molar-refractivity contribution >= 4 is 18.3 Å². The van der Waals surface area contributed by atoms with Crippen molar-refractivity contribution in [1.29, 1.82) is 0 Å². The van der Waals surface area contributed by atoms with Crippen molar-refractivity contribution in [1.82, 2.24) is 10.6 Å². The number of amides is 1. The summed E-state index contributed by atoms with van der Waals surface area (Å²) in [5.74, 6) is 0.174. The number of halogens is 2. The Morgan fingerprint density at radius 3 is 3.00 bits per heavy atom. The molecule has 2 N–H and O–H groups in total. The van der Waals surface area contributed by atoms with E-state index in [1.54, 1.807) is 7.05 Å². The van der Waals surface area contributed by atoms with E-state index >= 15 is 0 Å². The maximum absolute atomic E-state index is 13.4. The van der Waals surface area contributed by atoms with Crippen LogP contribution in [-0.4, -0.2) is 26.3 Å². The summed E-state index contributed by atoms with van der Waals surface area (Å²) in [5, 5.41) is 5.64. The summed E-state index contributed by atoms with van der Waals surface area (Å²) in [6.45, 7) is 1.34. The van der Waals surface area contributed by atoms with E-state index in [-0.39, 0.29) is 37.5 Å². The number of nitrogens with one attached hydrogen (secondary N) is 2. The zero-order valence-electron chi connectivity index (χ0n) is 11.2. The molecule has 0 bridgehead atoms. The molecule has 0 atom stereocenters. The lowest BCUT2D eigenvalue weighted by molar-refractivity contribution is -0.121. The molecule has 1 aromatic carbocycles. The minimum absolute atomic E-state index is 0. The maximum atomic E-state index is 13.4. The fraction of sp³-hybridized carbons (Fsp3) is 0.462. The Kier molecular flexibility index (Phi) is 6.70. The zero-order valence-corrected chi connectivity index (χ0v) is 12.0. The van der Waals surface area contributed by atoms with Gasteiger partial charge in [-0.2, -0.15) is 0 Å². The van der Waals surface area contributed by atoms with E-state index in [0.29, 0.717) is 36.4 Å². The molecule has 112 valence electrons. The standard InChI is InChI=1S/C13H17FN2O3.ClH/c1-15-3-2-12(17)16-6-9-4-11(14)5-10-7-18-8-19-13(9)10;/h4-5,15H,2-3,6-8H2,1H3,(H,16,17);1H. The van der Waals surface area contributed by atoms with Crippen molar-refractivity contribution in [3.05, 3.63) is 29.1 Å². The summed E-state index contributed by atoms with van der Waals surface area (Å²) >= 11 is 0. The predicted molar refractivity (Wildman–Crippen MR) is 74.3 cm³/mol. The van der Waals surface area contributed by atoms with Crippen LogP contribution in [0.25, 0.3) is 0 Å². The van der Waals surface area contributed by atoms with Gasteiger partial charge in [0.1, 0.15) is 11.6 Å². The molecule has 2 rings (SSSR count). The second kappa shape index (κ2) is 8.04. The summed E-state index contributed by atoms with van der Waals surface area (Å²) in [6.07, 6.45) is 0.387. The Balaban J connectivity index is 0.00000200. The quantitative estimate of drug-likeness (QED) is 0.862. The molecule has 1 heterocycles. The lowest BCUT2D eigenvalue weighted by Gasteiger charge is -2.21. The van der Waals surface area contributed by atoms with Crippen molar-refractivity contribution in [2.24, 2.45) is 0 Å². The molecule has 1 aromatic rings. The molecular formula is C13H18ClFN2O3. The Bertz CT molecular complexity index is 471. The van der Waals surface area contributed by atoms with E-state index in [4.69, 9.17) is 9.47 Å². The highest BCUT2D eigenvalue weighted by Gasteiger charge is 2.17. The fourth-order valence-electron chi connectivity index (χ4n) is 1.91. The van der Waals surface area contributed by atoms with Crippen LogP contribution < -0.4 is 15.4 Å². The van der Waals surface area contributed by atoms with Gasteiger partial charge < -0.3 is 20.1 Å². The van der Waals surface area contributed by atoms with E-state index in [1.165, 1.54) is 12.1 Å². The van der Waals surface area contributed by atoms with Gasteiger partial charge in [-0.3, -0.25) is 4.79 Å². The number of hydrogen-bond donors (Lipinski definition) is 2. The van der Waals surface area contributed by atoms with Crippen LogP contribution in [0, 0.1) is 5.82 Å². The molecule has 0 aromatic heterocycles. The molecule has 0 radical (unpaired) electrons. The molecule has 1 aliphatic rings. The number of ether oxygens (including phenoxy) is 2. The molecule has 0 saturated carbocycles. The highest BCUT2D eigenvalue weighted by molar-refractivity contribution is 5.85. The Morgan fingerprint density at radius 1 is 1.45 bits per heavy atom. The summed E-state index contributed by atoms with van der Waals surface area (Å²) in [5.41, 5.74) is 1.31. The van der Waals surface area contributed by atoms with Crippen molar-refractivity contribution in [2.75, 3.05) is 20.4 Å². The van der Waals surface area contributed by atoms with Crippen LogP contribution in [0.2, 0.25) is 0 Å². The summed E-state index contributed by atoms with van der Waals surface area (Å²) in [4.78, 5) is 11.5. The molecule has 20 heavy (non-hydrogen) atoms. The second-order valence-corrected chi connectivity index (χ2v) is 4.29. The Hall–Kier alpha value is -1.37. The van der Waals surface area contributed by atoms with Crippen LogP contribution in [-0.2, 0) is 22.7 Å². The molecule has 1 amide bonds. The predicted octanol–water partition coefficient (Wildman–Crippen LogP) is 1.34. The average Bonchev–Trinajstić information content (AvgIpc) is 2.42. The number of rotatable bonds is 5. The molecule has 0 saturated heterocycles. The van der Waals surface area contributed by atoms with Crippen LogP contribution in [0.5, 0.6) is 5.75 Å². The van der Waals surface area contributed by atoms with Gasteiger partial charge in [0.2, 0.25) is 5.91 Å². The van der Waals surface area contributed by atoms with E-state index in [0.717, 1.165) is 0 Å². The van der Waals surface area contributed by atoms with Crippen molar-refractivity contribution < 1.29 is 18.7 Å². The van der Waals surface area contributed by atoms with Gasteiger partial charge in [-0.25, -0.2) is 4.39 Å². The Morgan fingerprint density at radius 2 is 2.25 bits per heavy atom. The van der Waals surface area contributed by atoms with E-state index in [1.807, 2.05) is 0 Å². The number of fused-ring (bicyclic) bond motifs is 1. The van der Waals surface area contributed by atoms with Gasteiger partial charge in [0.25, 0.3) is 0 Å². The van der Waals surface area contributed by atoms with E-state index in [2.05, 4.69) is 10.6 Å². The monoisotopic (exact) mass is 304 g/mol. The minimum Gasteiger partial charge on any atom is -0.467 e. The number of benzene rings is 1. The van der Waals surface area contributed by atoms with Gasteiger partial charge in [-0.05, 0) is 19.2 Å². The molecular weight excluding hydrogens is 287 g/mol. The summed E-state index contributed by atoms with van der Waals surface area (Å²) in [7, 11) is 1.78. The third-order valence-electron chi connectivity index (χ3n) is 2.83. The first-order chi connectivity index (χ1) is 9.20. The number of hydrogen-bond acceptors (Lipinski definition) is 4. The molecule has 0 unspecified atom stereocenters. The van der Waals surface area contributed by atoms with Gasteiger partial charge in [0.05, 0.1) is 6.61 Å². The van der Waals surface area contributed by atoms with Crippen LogP contribution >= 0.6 is 12.4 Å². The number of carbonyl (C=O) groups is 1. The first-order valence-electron chi connectivity index (χ1n) is 6.14. The van der Waals surface area contributed by atoms with E-state index < -0.39 is 0 Å². The van der Waals surface area contributed by atoms with Crippen LogP contribution in [0.4, 0.5) is 4.39 Å². The van der Waals surface area contributed by atoms with Gasteiger partial charge in [0.15, 0.2) is 6.79 Å². The largest absolute Gasteiger partial charge is 0.467 e. The average molecular weight is 305 g/mol. The highest BCUT2D eigenvalue weighted by Crippen LogP contribution is 2.29.